The molecule has 0 atom stereocenters. The van der Waals surface area contributed by atoms with Crippen molar-refractivity contribution in [1.82, 2.24) is 19.9 Å². The smallest absolute Gasteiger partial charge is 0.225 e. The first-order chi connectivity index (χ1) is 22.3. The standard InChI is InChI=1S/C22H21N2O.C15H10FN2O.Ir/c1-14-8-9-17-16-6-5-7-18(20(16)25-21(17)24-14)19-12-15(10-11-23-19)13-22(2,3)4;1-10-9-18-14(11-2-4-12(16)5-3-11)8-13(10)15-17-6-7-19-15;/h5-6,8-12H,13H2,1-4H3;2,4-9H,1H3;/q2*-1;/i13D2;6D;. The summed E-state index contributed by atoms with van der Waals surface area (Å²) in [7, 11) is 0. The van der Waals surface area contributed by atoms with Crippen molar-refractivity contribution in [2.24, 2.45) is 5.41 Å². The largest absolute Gasteiger partial charge is 0.486 e. The third-order valence-corrected chi connectivity index (χ3v) is 6.75. The van der Waals surface area contributed by atoms with Crippen molar-refractivity contribution in [2.45, 2.75) is 41.0 Å². The van der Waals surface area contributed by atoms with E-state index in [1.54, 1.807) is 36.7 Å². The molecule has 0 bridgehead atoms. The first-order valence-corrected chi connectivity index (χ1v) is 14.1. The maximum atomic E-state index is 12.9. The van der Waals surface area contributed by atoms with Crippen LogP contribution in [0.2, 0.25) is 0 Å². The van der Waals surface area contributed by atoms with E-state index < -0.39 is 11.8 Å². The summed E-state index contributed by atoms with van der Waals surface area (Å²) in [4.78, 5) is 17.2. The topological polar surface area (TPSA) is 77.8 Å². The van der Waals surface area contributed by atoms with Gasteiger partial charge in [-0.25, -0.2) is 9.97 Å². The van der Waals surface area contributed by atoms with Crippen LogP contribution in [0.25, 0.3) is 56.0 Å². The Kier molecular flexibility index (Phi) is 8.23. The summed E-state index contributed by atoms with van der Waals surface area (Å²) in [5.74, 6) is 0.0332. The van der Waals surface area contributed by atoms with E-state index in [4.69, 9.17) is 12.9 Å². The van der Waals surface area contributed by atoms with Gasteiger partial charge in [-0.3, -0.25) is 4.39 Å². The van der Waals surface area contributed by atoms with Crippen molar-refractivity contribution < 1.29 is 37.4 Å². The summed E-state index contributed by atoms with van der Waals surface area (Å²) in [5.41, 5.74) is 6.54. The van der Waals surface area contributed by atoms with Gasteiger partial charge < -0.3 is 18.8 Å². The number of hydrogen-bond acceptors (Lipinski definition) is 6. The zero-order valence-corrected chi connectivity index (χ0v) is 27.7. The number of oxazole rings is 1. The SMILES string of the molecule is [2H]C([2H])(c1ccnc(-c2[c-]ccc3c2oc2nc(C)ccc23)c1)C(C)(C)C.[2H]c1coc(-c2cc(-c3[c-]cc(F)cc3)ncc2C)n1.[Ir]. The van der Waals surface area contributed by atoms with Crippen LogP contribution in [0.4, 0.5) is 4.39 Å². The summed E-state index contributed by atoms with van der Waals surface area (Å²) in [6, 6.07) is 23.4. The summed E-state index contributed by atoms with van der Waals surface area (Å²) in [6.45, 7) is 9.50. The molecule has 0 fully saturated rings. The van der Waals surface area contributed by atoms with Crippen LogP contribution in [-0.2, 0) is 26.5 Å². The second-order valence-electron chi connectivity index (χ2n) is 11.4. The second kappa shape index (κ2) is 13.2. The molecular weight excluding hydrogens is 744 g/mol. The molecule has 0 unspecified atom stereocenters. The molecular formula is C37H31FIrN4O2-2. The maximum Gasteiger partial charge on any atom is 0.225 e. The molecule has 7 aromatic rings. The van der Waals surface area contributed by atoms with Crippen LogP contribution in [0.5, 0.6) is 0 Å². The number of hydrogen-bond donors (Lipinski definition) is 0. The Balaban J connectivity index is 0.000000192. The van der Waals surface area contributed by atoms with Crippen molar-refractivity contribution >= 4 is 22.1 Å². The van der Waals surface area contributed by atoms with Gasteiger partial charge in [-0.2, -0.15) is 0 Å². The van der Waals surface area contributed by atoms with Gasteiger partial charge in [0, 0.05) is 57.7 Å². The first kappa shape index (κ1) is 28.0. The Bertz CT molecular complexity index is 2230. The maximum absolute atomic E-state index is 12.9. The van der Waals surface area contributed by atoms with Crippen molar-refractivity contribution in [3.05, 3.63) is 120 Å². The molecule has 0 amide bonds. The summed E-state index contributed by atoms with van der Waals surface area (Å²) in [6.07, 6.45) is 3.19. The summed E-state index contributed by atoms with van der Waals surface area (Å²) in [5, 5.41) is 1.91. The Hall–Kier alpha value is -4.52. The Morgan fingerprint density at radius 1 is 0.956 bits per heavy atom. The van der Waals surface area contributed by atoms with E-state index in [0.717, 1.165) is 33.2 Å². The third kappa shape index (κ3) is 7.25. The van der Waals surface area contributed by atoms with E-state index in [1.807, 2.05) is 58.9 Å². The van der Waals surface area contributed by atoms with Gasteiger partial charge >= 0.3 is 0 Å². The van der Waals surface area contributed by atoms with E-state index in [1.165, 1.54) is 18.4 Å². The molecule has 0 saturated carbocycles. The van der Waals surface area contributed by atoms with Crippen LogP contribution in [0, 0.1) is 37.2 Å². The summed E-state index contributed by atoms with van der Waals surface area (Å²) < 4.78 is 48.7. The van der Waals surface area contributed by atoms with E-state index in [2.05, 4.69) is 32.1 Å². The average molecular weight is 778 g/mol. The van der Waals surface area contributed by atoms with Crippen LogP contribution >= 0.6 is 0 Å². The summed E-state index contributed by atoms with van der Waals surface area (Å²) >= 11 is 0. The molecule has 8 heteroatoms. The van der Waals surface area contributed by atoms with Crippen molar-refractivity contribution in [3.63, 3.8) is 0 Å². The third-order valence-electron chi connectivity index (χ3n) is 6.75. The molecule has 0 saturated heterocycles. The number of aryl methyl sites for hydroxylation is 2. The monoisotopic (exact) mass is 778 g/mol. The average Bonchev–Trinajstić information content (AvgIpc) is 3.64. The number of pyridine rings is 3. The van der Waals surface area contributed by atoms with Gasteiger partial charge in [0.2, 0.25) is 11.6 Å². The fourth-order valence-electron chi connectivity index (χ4n) is 4.77. The molecule has 0 aliphatic rings. The van der Waals surface area contributed by atoms with Gasteiger partial charge in [0.1, 0.15) is 6.26 Å². The molecule has 45 heavy (non-hydrogen) atoms. The number of halogens is 1. The molecule has 0 aliphatic carbocycles. The zero-order chi connectivity index (χ0) is 33.5. The number of furan rings is 1. The van der Waals surface area contributed by atoms with Crippen LogP contribution < -0.4 is 0 Å². The van der Waals surface area contributed by atoms with E-state index >= 15 is 0 Å². The Morgan fingerprint density at radius 3 is 2.53 bits per heavy atom. The van der Waals surface area contributed by atoms with Gasteiger partial charge in [-0.15, -0.1) is 48.0 Å². The minimum atomic E-state index is -1.49. The molecule has 1 radical (unpaired) electrons. The van der Waals surface area contributed by atoms with Gasteiger partial charge in [0.15, 0.2) is 0 Å². The molecule has 6 nitrogen and oxygen atoms in total. The van der Waals surface area contributed by atoms with E-state index in [0.29, 0.717) is 39.7 Å². The quantitative estimate of drug-likeness (QED) is 0.166. The molecule has 7 rings (SSSR count). The number of fused-ring (bicyclic) bond motifs is 3. The van der Waals surface area contributed by atoms with Crippen LogP contribution in [-0.4, -0.2) is 19.9 Å². The first-order valence-electron chi connectivity index (χ1n) is 15.6. The Labute approximate surface area is 279 Å². The van der Waals surface area contributed by atoms with Crippen molar-refractivity contribution in [2.75, 3.05) is 0 Å². The van der Waals surface area contributed by atoms with Gasteiger partial charge in [-0.05, 0) is 60.8 Å². The number of aromatic nitrogens is 4. The minimum absolute atomic E-state index is 0. The number of benzene rings is 2. The van der Waals surface area contributed by atoms with E-state index in [9.17, 15) is 4.39 Å². The fraction of sp³-hybridized carbons (Fsp3) is 0.189. The number of nitrogens with zero attached hydrogens (tertiary/aromatic N) is 4. The van der Waals surface area contributed by atoms with E-state index in [-0.39, 0.29) is 32.1 Å². The molecule has 2 aromatic carbocycles. The molecule has 0 spiro atoms. The minimum Gasteiger partial charge on any atom is -0.486 e. The van der Waals surface area contributed by atoms with Gasteiger partial charge in [0.25, 0.3) is 0 Å². The molecule has 0 aliphatic heterocycles. The van der Waals surface area contributed by atoms with Crippen LogP contribution in [0.15, 0.2) is 94.3 Å². The predicted molar refractivity (Wildman–Crippen MR) is 170 cm³/mol. The molecule has 5 heterocycles. The fourth-order valence-corrected chi connectivity index (χ4v) is 4.77. The zero-order valence-electron chi connectivity index (χ0n) is 28.3. The van der Waals surface area contributed by atoms with Crippen molar-refractivity contribution in [3.8, 4) is 34.0 Å². The van der Waals surface area contributed by atoms with Gasteiger partial charge in [-0.1, -0.05) is 49.4 Å². The Morgan fingerprint density at radius 2 is 1.80 bits per heavy atom. The van der Waals surface area contributed by atoms with Crippen LogP contribution in [0.3, 0.4) is 0 Å². The molecule has 5 aromatic heterocycles. The molecule has 0 N–H and O–H groups in total. The number of rotatable bonds is 4. The predicted octanol–water partition coefficient (Wildman–Crippen LogP) is 9.39. The normalized spacial score (nSPS) is 12.5. The molecule has 229 valence electrons. The second-order valence-corrected chi connectivity index (χ2v) is 11.4. The van der Waals surface area contributed by atoms with Gasteiger partial charge in [0.05, 0.1) is 13.1 Å². The van der Waals surface area contributed by atoms with Crippen LogP contribution in [0.1, 0.15) is 41.7 Å². The van der Waals surface area contributed by atoms with Crippen molar-refractivity contribution in [1.29, 1.82) is 0 Å².